The van der Waals surface area contributed by atoms with Gasteiger partial charge in [0.15, 0.2) is 11.5 Å². The fraction of sp³-hybridized carbons (Fsp3) is 0.200. The Morgan fingerprint density at radius 2 is 1.78 bits per heavy atom. The molecule has 0 aliphatic heterocycles. The van der Waals surface area contributed by atoms with E-state index in [2.05, 4.69) is 28.1 Å². The Balaban J connectivity index is 2.45. The standard InChI is InChI=1S/C15H15BrO2/c1-17-14-9-5-8-13(15(14)18-11-10-16)12-6-3-2-4-7-12/h2-9H,10-11H2,1H3. The molecule has 0 aliphatic rings. The van der Waals surface area contributed by atoms with E-state index in [0.29, 0.717) is 6.61 Å². The average Bonchev–Trinajstić information content (AvgIpc) is 2.45. The lowest BCUT2D eigenvalue weighted by molar-refractivity contribution is 0.315. The summed E-state index contributed by atoms with van der Waals surface area (Å²) in [5, 5.41) is 0.791. The highest BCUT2D eigenvalue weighted by atomic mass is 79.9. The Morgan fingerprint density at radius 1 is 1.00 bits per heavy atom. The largest absolute Gasteiger partial charge is 0.493 e. The highest BCUT2D eigenvalue weighted by Gasteiger charge is 2.11. The van der Waals surface area contributed by atoms with Crippen LogP contribution in [0.25, 0.3) is 11.1 Å². The van der Waals surface area contributed by atoms with Gasteiger partial charge in [-0.05, 0) is 11.6 Å². The van der Waals surface area contributed by atoms with Crippen molar-refractivity contribution in [2.45, 2.75) is 0 Å². The van der Waals surface area contributed by atoms with Gasteiger partial charge in [0.25, 0.3) is 0 Å². The van der Waals surface area contributed by atoms with Crippen molar-refractivity contribution < 1.29 is 9.47 Å². The Labute approximate surface area is 116 Å². The van der Waals surface area contributed by atoms with Gasteiger partial charge in [-0.15, -0.1) is 0 Å². The molecule has 94 valence electrons. The molecule has 0 saturated carbocycles. The third-order valence-electron chi connectivity index (χ3n) is 2.61. The van der Waals surface area contributed by atoms with Crippen molar-refractivity contribution in [2.24, 2.45) is 0 Å². The van der Waals surface area contributed by atoms with E-state index in [-0.39, 0.29) is 0 Å². The molecule has 0 N–H and O–H groups in total. The zero-order valence-corrected chi connectivity index (χ0v) is 11.8. The van der Waals surface area contributed by atoms with Crippen LogP contribution in [-0.2, 0) is 0 Å². The van der Waals surface area contributed by atoms with E-state index in [4.69, 9.17) is 9.47 Å². The summed E-state index contributed by atoms with van der Waals surface area (Å²) in [4.78, 5) is 0. The Morgan fingerprint density at radius 3 is 2.44 bits per heavy atom. The van der Waals surface area contributed by atoms with E-state index in [0.717, 1.165) is 28.0 Å². The number of halogens is 1. The number of hydrogen-bond donors (Lipinski definition) is 0. The van der Waals surface area contributed by atoms with E-state index in [1.54, 1.807) is 7.11 Å². The minimum absolute atomic E-state index is 0.611. The second-order valence-electron chi connectivity index (χ2n) is 3.74. The first-order valence-corrected chi connectivity index (χ1v) is 6.90. The summed E-state index contributed by atoms with van der Waals surface area (Å²) in [7, 11) is 1.66. The molecule has 0 heterocycles. The van der Waals surface area contributed by atoms with Crippen LogP contribution < -0.4 is 9.47 Å². The van der Waals surface area contributed by atoms with Gasteiger partial charge < -0.3 is 9.47 Å². The van der Waals surface area contributed by atoms with Crippen molar-refractivity contribution in [2.75, 3.05) is 19.0 Å². The molecule has 0 spiro atoms. The van der Waals surface area contributed by atoms with Crippen molar-refractivity contribution in [3.05, 3.63) is 48.5 Å². The predicted octanol–water partition coefficient (Wildman–Crippen LogP) is 4.14. The molecule has 0 bridgehead atoms. The van der Waals surface area contributed by atoms with Gasteiger partial charge >= 0.3 is 0 Å². The molecule has 0 unspecified atom stereocenters. The van der Waals surface area contributed by atoms with Crippen LogP contribution in [-0.4, -0.2) is 19.0 Å². The number of benzene rings is 2. The minimum Gasteiger partial charge on any atom is -0.493 e. The summed E-state index contributed by atoms with van der Waals surface area (Å²) in [5.41, 5.74) is 2.18. The number of alkyl halides is 1. The second-order valence-corrected chi connectivity index (χ2v) is 4.53. The van der Waals surface area contributed by atoms with Crippen LogP contribution in [0.5, 0.6) is 11.5 Å². The van der Waals surface area contributed by atoms with Crippen LogP contribution in [0.3, 0.4) is 0 Å². The van der Waals surface area contributed by atoms with Gasteiger partial charge in [-0.1, -0.05) is 58.4 Å². The van der Waals surface area contributed by atoms with Crippen LogP contribution in [0.1, 0.15) is 0 Å². The number of methoxy groups -OCH3 is 1. The first-order chi connectivity index (χ1) is 8.86. The summed E-state index contributed by atoms with van der Waals surface area (Å²) < 4.78 is 11.2. The number of hydrogen-bond acceptors (Lipinski definition) is 2. The summed E-state index contributed by atoms with van der Waals surface area (Å²) in [5.74, 6) is 1.56. The molecular formula is C15H15BrO2. The molecule has 2 nitrogen and oxygen atoms in total. The fourth-order valence-electron chi connectivity index (χ4n) is 1.81. The molecular weight excluding hydrogens is 292 g/mol. The first kappa shape index (κ1) is 13.0. The molecule has 2 aromatic carbocycles. The lowest BCUT2D eigenvalue weighted by Crippen LogP contribution is -2.01. The number of rotatable bonds is 5. The monoisotopic (exact) mass is 306 g/mol. The lowest BCUT2D eigenvalue weighted by Gasteiger charge is -2.14. The highest BCUT2D eigenvalue weighted by molar-refractivity contribution is 9.09. The quantitative estimate of drug-likeness (QED) is 0.773. The van der Waals surface area contributed by atoms with Gasteiger partial charge in [0, 0.05) is 10.9 Å². The molecule has 0 saturated heterocycles. The molecule has 0 radical (unpaired) electrons. The van der Waals surface area contributed by atoms with Crippen molar-refractivity contribution in [3.63, 3.8) is 0 Å². The van der Waals surface area contributed by atoms with Gasteiger partial charge in [0.05, 0.1) is 13.7 Å². The Kier molecular flexibility index (Phi) is 4.65. The van der Waals surface area contributed by atoms with Crippen LogP contribution in [0.4, 0.5) is 0 Å². The second kappa shape index (κ2) is 6.45. The SMILES string of the molecule is COc1cccc(-c2ccccc2)c1OCCBr. The smallest absolute Gasteiger partial charge is 0.168 e. The van der Waals surface area contributed by atoms with Crippen molar-refractivity contribution in [3.8, 4) is 22.6 Å². The average molecular weight is 307 g/mol. The fourth-order valence-corrected chi connectivity index (χ4v) is 1.97. The first-order valence-electron chi connectivity index (χ1n) is 5.78. The van der Waals surface area contributed by atoms with Gasteiger partial charge in [-0.2, -0.15) is 0 Å². The molecule has 2 rings (SSSR count). The van der Waals surface area contributed by atoms with E-state index in [1.165, 1.54) is 0 Å². The van der Waals surface area contributed by atoms with Gasteiger partial charge in [0.2, 0.25) is 0 Å². The molecule has 0 atom stereocenters. The van der Waals surface area contributed by atoms with Crippen molar-refractivity contribution in [1.82, 2.24) is 0 Å². The number of para-hydroxylation sites is 1. The summed E-state index contributed by atoms with van der Waals surface area (Å²) >= 11 is 3.37. The van der Waals surface area contributed by atoms with E-state index >= 15 is 0 Å². The predicted molar refractivity (Wildman–Crippen MR) is 77.7 cm³/mol. The maximum Gasteiger partial charge on any atom is 0.168 e. The Bertz CT molecular complexity index is 497. The topological polar surface area (TPSA) is 18.5 Å². The molecule has 0 fully saturated rings. The van der Waals surface area contributed by atoms with Gasteiger partial charge in [-0.25, -0.2) is 0 Å². The lowest BCUT2D eigenvalue weighted by atomic mass is 10.0. The summed E-state index contributed by atoms with van der Waals surface area (Å²) in [6.07, 6.45) is 0. The Hall–Kier alpha value is -1.48. The van der Waals surface area contributed by atoms with Gasteiger partial charge in [-0.3, -0.25) is 0 Å². The van der Waals surface area contributed by atoms with Gasteiger partial charge in [0.1, 0.15) is 0 Å². The third kappa shape index (κ3) is 2.85. The van der Waals surface area contributed by atoms with Crippen LogP contribution in [0, 0.1) is 0 Å². The molecule has 3 heteroatoms. The minimum atomic E-state index is 0.611. The summed E-state index contributed by atoms with van der Waals surface area (Å²) in [6, 6.07) is 16.1. The summed E-state index contributed by atoms with van der Waals surface area (Å²) in [6.45, 7) is 0.611. The van der Waals surface area contributed by atoms with Crippen LogP contribution in [0.2, 0.25) is 0 Å². The van der Waals surface area contributed by atoms with Crippen molar-refractivity contribution in [1.29, 1.82) is 0 Å². The van der Waals surface area contributed by atoms with Crippen LogP contribution >= 0.6 is 15.9 Å². The zero-order valence-electron chi connectivity index (χ0n) is 10.2. The van der Waals surface area contributed by atoms with Crippen LogP contribution in [0.15, 0.2) is 48.5 Å². The zero-order chi connectivity index (χ0) is 12.8. The highest BCUT2D eigenvalue weighted by Crippen LogP contribution is 2.37. The molecule has 18 heavy (non-hydrogen) atoms. The van der Waals surface area contributed by atoms with Crippen molar-refractivity contribution >= 4 is 15.9 Å². The van der Waals surface area contributed by atoms with E-state index < -0.39 is 0 Å². The molecule has 0 aromatic heterocycles. The molecule has 0 amide bonds. The normalized spacial score (nSPS) is 10.1. The van der Waals surface area contributed by atoms with E-state index in [1.807, 2.05) is 36.4 Å². The number of ether oxygens (including phenoxy) is 2. The third-order valence-corrected chi connectivity index (χ3v) is 2.93. The molecule has 0 aliphatic carbocycles. The maximum atomic E-state index is 5.79. The molecule has 2 aromatic rings. The maximum absolute atomic E-state index is 5.79. The van der Waals surface area contributed by atoms with E-state index in [9.17, 15) is 0 Å².